The average molecular weight is 224 g/mol. The number of carbonyl (C=O) groups is 1. The lowest BCUT2D eigenvalue weighted by Crippen LogP contribution is -2.11. The van der Waals surface area contributed by atoms with E-state index in [2.05, 4.69) is 16.9 Å². The number of aromatic nitrogens is 1. The summed E-state index contributed by atoms with van der Waals surface area (Å²) in [6, 6.07) is 10.8. The van der Waals surface area contributed by atoms with Gasteiger partial charge in [0.1, 0.15) is 0 Å². The van der Waals surface area contributed by atoms with Gasteiger partial charge in [-0.2, -0.15) is 0 Å². The molecule has 0 saturated carbocycles. The minimum Gasteiger partial charge on any atom is -0.321 e. The Hall–Kier alpha value is -2.42. The molecule has 0 spiro atoms. The first kappa shape index (κ1) is 11.1. The molecular weight excluding hydrogens is 212 g/mol. The second-order valence-corrected chi connectivity index (χ2v) is 3.52. The highest BCUT2D eigenvalue weighted by molar-refractivity contribution is 6.04. The summed E-state index contributed by atoms with van der Waals surface area (Å²) in [5, 5.41) is 2.77. The summed E-state index contributed by atoms with van der Waals surface area (Å²) < 4.78 is 0. The first-order valence-corrected chi connectivity index (χ1v) is 5.23. The molecule has 84 valence electrons. The third kappa shape index (κ3) is 2.78. The summed E-state index contributed by atoms with van der Waals surface area (Å²) in [5.74, 6) is -0.145. The molecule has 3 heteroatoms. The molecule has 0 aliphatic carbocycles. The van der Waals surface area contributed by atoms with Crippen molar-refractivity contribution in [2.45, 2.75) is 0 Å². The molecule has 0 fully saturated rings. The van der Waals surface area contributed by atoms with Crippen molar-refractivity contribution in [1.29, 1.82) is 0 Å². The molecule has 2 aromatic rings. The zero-order chi connectivity index (χ0) is 12.1. The molecule has 1 aromatic carbocycles. The quantitative estimate of drug-likeness (QED) is 0.870. The van der Waals surface area contributed by atoms with Crippen LogP contribution in [0.25, 0.3) is 6.08 Å². The maximum atomic E-state index is 11.8. The number of hydrogen-bond acceptors (Lipinski definition) is 2. The van der Waals surface area contributed by atoms with E-state index in [1.807, 2.05) is 12.1 Å². The van der Waals surface area contributed by atoms with Crippen LogP contribution in [0, 0.1) is 0 Å². The van der Waals surface area contributed by atoms with Crippen molar-refractivity contribution in [3.8, 4) is 0 Å². The van der Waals surface area contributed by atoms with Crippen molar-refractivity contribution in [2.24, 2.45) is 0 Å². The minimum absolute atomic E-state index is 0.145. The van der Waals surface area contributed by atoms with Crippen LogP contribution < -0.4 is 5.32 Å². The van der Waals surface area contributed by atoms with Gasteiger partial charge in [-0.1, -0.05) is 24.8 Å². The lowest BCUT2D eigenvalue weighted by Gasteiger charge is -2.04. The summed E-state index contributed by atoms with van der Waals surface area (Å²) >= 11 is 0. The molecule has 1 amide bonds. The number of nitrogens with zero attached hydrogens (tertiary/aromatic N) is 1. The van der Waals surface area contributed by atoms with Gasteiger partial charge in [-0.05, 0) is 29.8 Å². The van der Waals surface area contributed by atoms with Crippen molar-refractivity contribution in [3.63, 3.8) is 0 Å². The van der Waals surface area contributed by atoms with Gasteiger partial charge in [-0.3, -0.25) is 9.78 Å². The highest BCUT2D eigenvalue weighted by Gasteiger charge is 2.04. The molecule has 0 radical (unpaired) electrons. The Morgan fingerprint density at radius 2 is 2.00 bits per heavy atom. The van der Waals surface area contributed by atoms with Crippen molar-refractivity contribution in [2.75, 3.05) is 5.32 Å². The molecule has 1 heterocycles. The maximum absolute atomic E-state index is 11.8. The summed E-state index contributed by atoms with van der Waals surface area (Å²) in [5.41, 5.74) is 2.28. The topological polar surface area (TPSA) is 42.0 Å². The minimum atomic E-state index is -0.145. The predicted octanol–water partition coefficient (Wildman–Crippen LogP) is 2.98. The normalized spacial score (nSPS) is 9.65. The largest absolute Gasteiger partial charge is 0.321 e. The first-order valence-electron chi connectivity index (χ1n) is 5.23. The Morgan fingerprint density at radius 1 is 1.24 bits per heavy atom. The van der Waals surface area contributed by atoms with Gasteiger partial charge in [0.25, 0.3) is 5.91 Å². The number of pyridine rings is 1. The predicted molar refractivity (Wildman–Crippen MR) is 68.7 cm³/mol. The molecule has 0 saturated heterocycles. The number of carbonyl (C=O) groups excluding carboxylic acids is 1. The molecule has 0 atom stereocenters. The van der Waals surface area contributed by atoms with Crippen molar-refractivity contribution < 1.29 is 4.79 Å². The first-order chi connectivity index (χ1) is 8.29. The zero-order valence-electron chi connectivity index (χ0n) is 9.26. The Kier molecular flexibility index (Phi) is 3.31. The number of nitrogens with one attached hydrogen (secondary N) is 1. The molecule has 0 bridgehead atoms. The number of rotatable bonds is 3. The molecule has 2 rings (SSSR count). The van der Waals surface area contributed by atoms with Gasteiger partial charge in [-0.25, -0.2) is 0 Å². The Morgan fingerprint density at radius 3 is 2.59 bits per heavy atom. The van der Waals surface area contributed by atoms with Crippen molar-refractivity contribution in [1.82, 2.24) is 4.98 Å². The standard InChI is InChI=1S/C14H12N2O/c1-2-11-5-7-12(8-6-11)14(17)16-13-4-3-9-15-10-13/h2-10H,1H2,(H,16,17). The van der Waals surface area contributed by atoms with Gasteiger partial charge in [0.05, 0.1) is 11.9 Å². The van der Waals surface area contributed by atoms with Crippen LogP contribution in [-0.4, -0.2) is 10.9 Å². The van der Waals surface area contributed by atoms with E-state index in [0.717, 1.165) is 5.56 Å². The highest BCUT2D eigenvalue weighted by atomic mass is 16.1. The van der Waals surface area contributed by atoms with Gasteiger partial charge >= 0.3 is 0 Å². The molecule has 0 aliphatic heterocycles. The van der Waals surface area contributed by atoms with Crippen LogP contribution in [0.15, 0.2) is 55.4 Å². The number of hydrogen-bond donors (Lipinski definition) is 1. The Labute approximate surface area is 99.8 Å². The van der Waals surface area contributed by atoms with Crippen molar-refractivity contribution >= 4 is 17.7 Å². The van der Waals surface area contributed by atoms with E-state index in [-0.39, 0.29) is 5.91 Å². The SMILES string of the molecule is C=Cc1ccc(C(=O)Nc2cccnc2)cc1. The van der Waals surface area contributed by atoms with Crippen LogP contribution in [0.3, 0.4) is 0 Å². The van der Waals surface area contributed by atoms with Crippen LogP contribution in [0.4, 0.5) is 5.69 Å². The lowest BCUT2D eigenvalue weighted by atomic mass is 10.1. The molecule has 0 aliphatic rings. The third-order valence-electron chi connectivity index (χ3n) is 2.33. The monoisotopic (exact) mass is 224 g/mol. The summed E-state index contributed by atoms with van der Waals surface area (Å²) in [6.45, 7) is 3.66. The third-order valence-corrected chi connectivity index (χ3v) is 2.33. The highest BCUT2D eigenvalue weighted by Crippen LogP contribution is 2.09. The number of benzene rings is 1. The van der Waals surface area contributed by atoms with Crippen LogP contribution in [0.2, 0.25) is 0 Å². The molecule has 0 unspecified atom stereocenters. The fourth-order valence-corrected chi connectivity index (χ4v) is 1.41. The fraction of sp³-hybridized carbons (Fsp3) is 0. The van der Waals surface area contributed by atoms with Gasteiger partial charge < -0.3 is 5.32 Å². The molecule has 1 aromatic heterocycles. The second kappa shape index (κ2) is 5.07. The average Bonchev–Trinajstić information content (AvgIpc) is 2.40. The maximum Gasteiger partial charge on any atom is 0.255 e. The summed E-state index contributed by atoms with van der Waals surface area (Å²) in [6.07, 6.45) is 5.01. The van der Waals surface area contributed by atoms with Gasteiger partial charge in [-0.15, -0.1) is 0 Å². The number of amides is 1. The summed E-state index contributed by atoms with van der Waals surface area (Å²) in [7, 11) is 0. The van der Waals surface area contributed by atoms with E-state index in [9.17, 15) is 4.79 Å². The fourth-order valence-electron chi connectivity index (χ4n) is 1.41. The molecular formula is C14H12N2O. The second-order valence-electron chi connectivity index (χ2n) is 3.52. The van der Waals surface area contributed by atoms with Crippen LogP contribution in [0.1, 0.15) is 15.9 Å². The smallest absolute Gasteiger partial charge is 0.255 e. The van der Waals surface area contributed by atoms with Gasteiger partial charge in [0, 0.05) is 11.8 Å². The summed E-state index contributed by atoms with van der Waals surface area (Å²) in [4.78, 5) is 15.8. The van der Waals surface area contributed by atoms with E-state index >= 15 is 0 Å². The van der Waals surface area contributed by atoms with E-state index in [1.54, 1.807) is 42.7 Å². The van der Waals surface area contributed by atoms with Crippen LogP contribution in [-0.2, 0) is 0 Å². The van der Waals surface area contributed by atoms with Gasteiger partial charge in [0.2, 0.25) is 0 Å². The Balaban J connectivity index is 2.12. The van der Waals surface area contributed by atoms with Crippen LogP contribution >= 0.6 is 0 Å². The molecule has 17 heavy (non-hydrogen) atoms. The van der Waals surface area contributed by atoms with Gasteiger partial charge in [0.15, 0.2) is 0 Å². The lowest BCUT2D eigenvalue weighted by molar-refractivity contribution is 0.102. The number of anilines is 1. The van der Waals surface area contributed by atoms with E-state index in [4.69, 9.17) is 0 Å². The molecule has 1 N–H and O–H groups in total. The van der Waals surface area contributed by atoms with Crippen molar-refractivity contribution in [3.05, 3.63) is 66.5 Å². The van der Waals surface area contributed by atoms with E-state index in [0.29, 0.717) is 11.3 Å². The van der Waals surface area contributed by atoms with E-state index in [1.165, 1.54) is 0 Å². The Bertz CT molecular complexity index is 518. The zero-order valence-corrected chi connectivity index (χ0v) is 9.26. The molecule has 3 nitrogen and oxygen atoms in total. The van der Waals surface area contributed by atoms with E-state index < -0.39 is 0 Å². The van der Waals surface area contributed by atoms with Crippen LogP contribution in [0.5, 0.6) is 0 Å².